The minimum absolute atomic E-state index is 0.0507. The molecule has 1 aliphatic rings. The predicted molar refractivity (Wildman–Crippen MR) is 114 cm³/mol. The number of aromatic amines is 2. The molecule has 3 N–H and O–H groups in total. The van der Waals surface area contributed by atoms with Gasteiger partial charge in [0.1, 0.15) is 5.69 Å². The molecule has 0 aliphatic carbocycles. The van der Waals surface area contributed by atoms with E-state index >= 15 is 0 Å². The van der Waals surface area contributed by atoms with Gasteiger partial charge in [-0.2, -0.15) is 5.10 Å². The number of nitrogens with zero attached hydrogens (tertiary/aromatic N) is 3. The zero-order valence-corrected chi connectivity index (χ0v) is 16.2. The first-order valence-corrected chi connectivity index (χ1v) is 10.2. The molecule has 1 fully saturated rings. The van der Waals surface area contributed by atoms with Crippen LogP contribution in [-0.4, -0.2) is 57.2 Å². The largest absolute Gasteiger partial charge is 0.351 e. The SMILES string of the molecule is O=C(NCCN1CCCCC1)c1ccc2nc(-c3n[nH]c4ccccc34)[nH]c2c1. The summed E-state index contributed by atoms with van der Waals surface area (Å²) in [5.41, 5.74) is 4.03. The summed E-state index contributed by atoms with van der Waals surface area (Å²) in [5.74, 6) is 0.644. The Bertz CT molecular complexity index is 1150. The van der Waals surface area contributed by atoms with Crippen molar-refractivity contribution in [1.82, 2.24) is 30.4 Å². The molecular weight excluding hydrogens is 364 g/mol. The van der Waals surface area contributed by atoms with E-state index in [1.165, 1.54) is 19.3 Å². The fraction of sp³-hybridized carbons (Fsp3) is 0.318. The summed E-state index contributed by atoms with van der Waals surface area (Å²) in [4.78, 5) is 22.9. The lowest BCUT2D eigenvalue weighted by Gasteiger charge is -2.26. The Balaban J connectivity index is 1.32. The Labute approximate surface area is 168 Å². The Hall–Kier alpha value is -3.19. The van der Waals surface area contributed by atoms with Crippen molar-refractivity contribution < 1.29 is 4.79 Å². The molecule has 1 aliphatic heterocycles. The van der Waals surface area contributed by atoms with Gasteiger partial charge in [0.05, 0.1) is 16.6 Å². The molecule has 148 valence electrons. The number of amides is 1. The van der Waals surface area contributed by atoms with Crippen molar-refractivity contribution in [3.8, 4) is 11.5 Å². The van der Waals surface area contributed by atoms with E-state index in [-0.39, 0.29) is 5.91 Å². The van der Waals surface area contributed by atoms with E-state index in [4.69, 9.17) is 0 Å². The maximum atomic E-state index is 12.6. The van der Waals surface area contributed by atoms with Gasteiger partial charge >= 0.3 is 0 Å². The van der Waals surface area contributed by atoms with E-state index in [9.17, 15) is 4.79 Å². The van der Waals surface area contributed by atoms with Crippen molar-refractivity contribution in [2.24, 2.45) is 0 Å². The molecule has 29 heavy (non-hydrogen) atoms. The van der Waals surface area contributed by atoms with Crippen LogP contribution in [0.2, 0.25) is 0 Å². The number of carbonyl (C=O) groups excluding carboxylic acids is 1. The normalized spacial score (nSPS) is 15.2. The summed E-state index contributed by atoms with van der Waals surface area (Å²) in [6, 6.07) is 13.5. The smallest absolute Gasteiger partial charge is 0.251 e. The Morgan fingerprint density at radius 3 is 2.83 bits per heavy atom. The van der Waals surface area contributed by atoms with E-state index in [0.717, 1.165) is 47.3 Å². The number of benzene rings is 2. The molecule has 3 heterocycles. The topological polar surface area (TPSA) is 89.7 Å². The van der Waals surface area contributed by atoms with Gasteiger partial charge in [0.25, 0.3) is 5.91 Å². The van der Waals surface area contributed by atoms with Gasteiger partial charge in [-0.25, -0.2) is 4.98 Å². The number of imidazole rings is 1. The molecule has 0 unspecified atom stereocenters. The minimum Gasteiger partial charge on any atom is -0.351 e. The summed E-state index contributed by atoms with van der Waals surface area (Å²) in [6.45, 7) is 3.86. The van der Waals surface area contributed by atoms with Crippen LogP contribution >= 0.6 is 0 Å². The van der Waals surface area contributed by atoms with E-state index < -0.39 is 0 Å². The number of H-pyrrole nitrogens is 2. The highest BCUT2D eigenvalue weighted by atomic mass is 16.1. The summed E-state index contributed by atoms with van der Waals surface area (Å²) >= 11 is 0. The van der Waals surface area contributed by atoms with Crippen LogP contribution in [0.3, 0.4) is 0 Å². The number of rotatable bonds is 5. The Kier molecular flexibility index (Phi) is 4.73. The molecule has 7 heteroatoms. The molecule has 1 saturated heterocycles. The Morgan fingerprint density at radius 1 is 1.07 bits per heavy atom. The van der Waals surface area contributed by atoms with E-state index in [1.54, 1.807) is 0 Å². The first-order chi connectivity index (χ1) is 14.3. The summed E-state index contributed by atoms with van der Waals surface area (Å²) in [7, 11) is 0. The van der Waals surface area contributed by atoms with Crippen molar-refractivity contribution in [1.29, 1.82) is 0 Å². The number of hydrogen-bond acceptors (Lipinski definition) is 4. The molecule has 0 spiro atoms. The van der Waals surface area contributed by atoms with Crippen LogP contribution in [0.15, 0.2) is 42.5 Å². The van der Waals surface area contributed by atoms with Crippen molar-refractivity contribution in [2.75, 3.05) is 26.2 Å². The number of hydrogen-bond donors (Lipinski definition) is 3. The molecule has 1 amide bonds. The number of fused-ring (bicyclic) bond motifs is 2. The van der Waals surface area contributed by atoms with Gasteiger partial charge in [0.15, 0.2) is 5.82 Å². The van der Waals surface area contributed by atoms with Gasteiger partial charge < -0.3 is 15.2 Å². The van der Waals surface area contributed by atoms with Gasteiger partial charge in [-0.1, -0.05) is 24.6 Å². The fourth-order valence-electron chi connectivity index (χ4n) is 4.02. The van der Waals surface area contributed by atoms with E-state index in [2.05, 4.69) is 30.4 Å². The van der Waals surface area contributed by atoms with E-state index in [0.29, 0.717) is 17.9 Å². The zero-order valence-electron chi connectivity index (χ0n) is 16.2. The standard InChI is InChI=1S/C22H24N6O/c29-22(23-10-13-28-11-4-1-5-12-28)15-8-9-18-19(14-15)25-21(24-18)20-16-6-2-3-7-17(16)26-27-20/h2-3,6-9,14H,1,4-5,10-13H2,(H,23,29)(H,24,25)(H,26,27). The first kappa shape index (κ1) is 17.9. The molecule has 2 aromatic heterocycles. The van der Waals surface area contributed by atoms with Crippen molar-refractivity contribution in [3.63, 3.8) is 0 Å². The molecule has 0 saturated carbocycles. The number of nitrogens with one attached hydrogen (secondary N) is 3. The maximum Gasteiger partial charge on any atom is 0.251 e. The number of piperidine rings is 1. The molecule has 4 aromatic rings. The third-order valence-corrected chi connectivity index (χ3v) is 5.60. The van der Waals surface area contributed by atoms with Crippen molar-refractivity contribution >= 4 is 27.8 Å². The number of para-hydroxylation sites is 1. The Morgan fingerprint density at radius 2 is 1.93 bits per heavy atom. The third-order valence-electron chi connectivity index (χ3n) is 5.60. The van der Waals surface area contributed by atoms with Gasteiger partial charge in [0, 0.05) is 24.0 Å². The average molecular weight is 388 g/mol. The van der Waals surface area contributed by atoms with Crippen LogP contribution in [-0.2, 0) is 0 Å². The minimum atomic E-state index is -0.0507. The molecule has 0 bridgehead atoms. The summed E-state index contributed by atoms with van der Waals surface area (Å²) < 4.78 is 0. The van der Waals surface area contributed by atoms with Crippen LogP contribution in [0.5, 0.6) is 0 Å². The van der Waals surface area contributed by atoms with Crippen molar-refractivity contribution in [3.05, 3.63) is 48.0 Å². The lowest BCUT2D eigenvalue weighted by molar-refractivity contribution is 0.0946. The van der Waals surface area contributed by atoms with Gasteiger partial charge in [-0.05, 0) is 50.2 Å². The molecule has 7 nitrogen and oxygen atoms in total. The number of likely N-dealkylation sites (tertiary alicyclic amines) is 1. The maximum absolute atomic E-state index is 12.6. The monoisotopic (exact) mass is 388 g/mol. The van der Waals surface area contributed by atoms with Gasteiger partial charge in [0.2, 0.25) is 0 Å². The first-order valence-electron chi connectivity index (χ1n) is 10.2. The molecule has 5 rings (SSSR count). The second-order valence-corrected chi connectivity index (χ2v) is 7.59. The van der Waals surface area contributed by atoms with E-state index in [1.807, 2.05) is 42.5 Å². The highest BCUT2D eigenvalue weighted by Gasteiger charge is 2.14. The molecular formula is C22H24N6O. The van der Waals surface area contributed by atoms with Crippen LogP contribution in [0.25, 0.3) is 33.5 Å². The quantitative estimate of drug-likeness (QED) is 0.489. The average Bonchev–Trinajstić information content (AvgIpc) is 3.37. The molecule has 0 radical (unpaired) electrons. The van der Waals surface area contributed by atoms with Crippen LogP contribution in [0, 0.1) is 0 Å². The lowest BCUT2D eigenvalue weighted by Crippen LogP contribution is -2.37. The van der Waals surface area contributed by atoms with Crippen LogP contribution < -0.4 is 5.32 Å². The lowest BCUT2D eigenvalue weighted by atomic mass is 10.1. The predicted octanol–water partition coefficient (Wildman–Crippen LogP) is 3.32. The number of aromatic nitrogens is 4. The summed E-state index contributed by atoms with van der Waals surface area (Å²) in [5, 5.41) is 11.5. The third kappa shape index (κ3) is 3.61. The second-order valence-electron chi connectivity index (χ2n) is 7.59. The zero-order chi connectivity index (χ0) is 19.6. The van der Waals surface area contributed by atoms with Gasteiger partial charge in [-0.15, -0.1) is 0 Å². The number of carbonyl (C=O) groups is 1. The van der Waals surface area contributed by atoms with Crippen molar-refractivity contribution in [2.45, 2.75) is 19.3 Å². The van der Waals surface area contributed by atoms with Gasteiger partial charge in [-0.3, -0.25) is 9.89 Å². The molecule has 2 aromatic carbocycles. The fourth-order valence-corrected chi connectivity index (χ4v) is 4.02. The highest BCUT2D eigenvalue weighted by molar-refractivity contribution is 5.98. The highest BCUT2D eigenvalue weighted by Crippen LogP contribution is 2.26. The molecule has 0 atom stereocenters. The van der Waals surface area contributed by atoms with Crippen LogP contribution in [0.4, 0.5) is 0 Å². The summed E-state index contributed by atoms with van der Waals surface area (Å²) in [6.07, 6.45) is 3.85. The second kappa shape index (κ2) is 7.67. The van der Waals surface area contributed by atoms with Crippen LogP contribution in [0.1, 0.15) is 29.6 Å².